The van der Waals surface area contributed by atoms with Crippen molar-refractivity contribution in [2.75, 3.05) is 70.0 Å². The van der Waals surface area contributed by atoms with E-state index in [2.05, 4.69) is 52.5 Å². The molecule has 26 heteroatoms. The maximum absolute atomic E-state index is 15.2. The number of phenolic OH excluding ortho intramolecular Hbond substituents is 1. The lowest BCUT2D eigenvalue weighted by molar-refractivity contribution is -0.902. The quantitative estimate of drug-likeness (QED) is 0.00755. The third kappa shape index (κ3) is 19.1. The number of amides is 8. The number of nitrogens with one attached hydrogen (secondary N) is 5. The van der Waals surface area contributed by atoms with E-state index < -0.39 is 76.8 Å². The number of carbonyl (C=O) groups excluding carboxylic acids is 9. The molecule has 3 aromatic carbocycles. The van der Waals surface area contributed by atoms with Gasteiger partial charge in [0.1, 0.15) is 41.9 Å². The first-order chi connectivity index (χ1) is 47.4. The van der Waals surface area contributed by atoms with Gasteiger partial charge in [-0.2, -0.15) is 0 Å². The summed E-state index contributed by atoms with van der Waals surface area (Å²) < 4.78 is 25.3. The van der Waals surface area contributed by atoms with Gasteiger partial charge in [0.25, 0.3) is 23.5 Å². The largest absolute Gasteiger partial charge is 0.507 e. The normalized spacial score (nSPS) is 20.9. The number of rotatable bonds is 24. The molecular weight excluding hydrogens is 1300 g/mol. The molecule has 5 aliphatic rings. The molecular formula is C74H95N10O15S+. The number of urea groups is 1. The molecule has 100 heavy (non-hydrogen) atoms. The highest BCUT2D eigenvalue weighted by Crippen LogP contribution is 2.51. The number of imide groups is 1. The standard InChI is InChI=1S/C74H94N10O15S/c1-42(2)62(80-56(86)24-14-13-15-35-83-57(87)31-32-58(83)88)72(94)79-53(23-18-34-76-73(75)95)71(93)77-49-27-25-48(26-28-49)41-84(10,11)37-36-82(9)50-29-30-52-55(39-50)100-68-63(78-52)59-60-65(89)46(6)67-61(59)69(91)74(8,99-67)97-38-33-51(96-12)40-54(98-47(7)85)44(4)21-16-19-43(3)20-17-22-45(5)70(92)81-64(68)66(60)90/h17,20,22,25-33,38-39,42-44,51,53-54,62H,13-16,18-19,21,23-24,34-37,40-41H2,1-12H3,(H7-,75,76,77,78,79,80,81,86,89,90,91,92,93,94,95)/p+1/b20-17+,38-33+,45-22-/t43-,44-,51+,53+,54-,62+,74+/m1/s1. The Labute approximate surface area is 586 Å². The number of nitrogens with two attached hydrogens (primary N) is 1. The fourth-order valence-corrected chi connectivity index (χ4v) is 13.5. The van der Waals surface area contributed by atoms with Gasteiger partial charge in [0, 0.05) is 99.5 Å². The topological polar surface area (TPSA) is 333 Å². The van der Waals surface area contributed by atoms with Crippen molar-refractivity contribution in [2.24, 2.45) is 23.5 Å². The number of carbonyl (C=O) groups is 9. The van der Waals surface area contributed by atoms with Crippen molar-refractivity contribution in [1.82, 2.24) is 25.8 Å². The average Bonchev–Trinajstić information content (AvgIpc) is 1.40. The number of primary amides is 1. The highest BCUT2D eigenvalue weighted by molar-refractivity contribution is 7.22. The summed E-state index contributed by atoms with van der Waals surface area (Å²) in [7, 11) is 7.70. The van der Waals surface area contributed by atoms with Crippen molar-refractivity contribution >= 4 is 103 Å². The lowest BCUT2D eigenvalue weighted by atomic mass is 9.91. The molecule has 4 aliphatic heterocycles. The first kappa shape index (κ1) is 76.2. The smallest absolute Gasteiger partial charge is 0.312 e. The van der Waals surface area contributed by atoms with Crippen molar-refractivity contribution in [3.8, 4) is 22.1 Å². The third-order valence-corrected chi connectivity index (χ3v) is 19.6. The van der Waals surface area contributed by atoms with Gasteiger partial charge in [-0.1, -0.05) is 70.9 Å². The van der Waals surface area contributed by atoms with Gasteiger partial charge in [0.05, 0.1) is 71.3 Å². The minimum Gasteiger partial charge on any atom is -0.507 e. The highest BCUT2D eigenvalue weighted by Gasteiger charge is 2.50. The summed E-state index contributed by atoms with van der Waals surface area (Å²) in [5.74, 6) is -6.45. The molecule has 8 amide bonds. The van der Waals surface area contributed by atoms with E-state index in [0.717, 1.165) is 35.4 Å². The molecule has 0 unspecified atom stereocenters. The predicted octanol–water partition coefficient (Wildman–Crippen LogP) is 9.19. The number of hydrogen-bond acceptors (Lipinski definition) is 18. The summed E-state index contributed by atoms with van der Waals surface area (Å²) in [6, 6.07) is 10.4. The van der Waals surface area contributed by atoms with Crippen molar-refractivity contribution in [2.45, 2.75) is 156 Å². The van der Waals surface area contributed by atoms with Gasteiger partial charge >= 0.3 is 17.8 Å². The lowest BCUT2D eigenvalue weighted by Gasteiger charge is -2.32. The zero-order valence-electron chi connectivity index (χ0n) is 59.2. The molecule has 0 spiro atoms. The zero-order valence-corrected chi connectivity index (χ0v) is 60.0. The second-order valence-electron chi connectivity index (χ2n) is 27.4. The van der Waals surface area contributed by atoms with Crippen LogP contribution in [0.4, 0.5) is 21.9 Å². The predicted molar refractivity (Wildman–Crippen MR) is 384 cm³/mol. The van der Waals surface area contributed by atoms with Gasteiger partial charge < -0.3 is 65.8 Å². The van der Waals surface area contributed by atoms with Gasteiger partial charge in [-0.15, -0.1) is 11.3 Å². The Morgan fingerprint density at radius 1 is 0.940 bits per heavy atom. The summed E-state index contributed by atoms with van der Waals surface area (Å²) in [5, 5.41) is 25.8. The van der Waals surface area contributed by atoms with E-state index >= 15 is 4.79 Å². The summed E-state index contributed by atoms with van der Waals surface area (Å²) in [5.41, 5.74) is 7.77. The van der Waals surface area contributed by atoms with Gasteiger partial charge in [0.2, 0.25) is 23.2 Å². The number of anilines is 3. The van der Waals surface area contributed by atoms with E-state index in [1.807, 2.05) is 56.5 Å². The molecule has 0 radical (unpaired) electrons. The summed E-state index contributed by atoms with van der Waals surface area (Å²) in [4.78, 5) is 141. The number of ketones is 1. The Kier molecular flexibility index (Phi) is 25.6. The van der Waals surface area contributed by atoms with Crippen LogP contribution in [0, 0.1) is 24.7 Å². The van der Waals surface area contributed by atoms with E-state index in [1.165, 1.54) is 57.6 Å². The number of likely N-dealkylation sites (N-methyl/N-ethyl adjacent to an activating group) is 2. The second-order valence-corrected chi connectivity index (χ2v) is 28.5. The molecule has 0 fully saturated rings. The molecule has 8 N–H and O–H groups in total. The molecule has 0 aromatic heterocycles. The minimum absolute atomic E-state index is 0.00173. The number of nitrogens with zero attached hydrogens (tertiary/aromatic N) is 4. The van der Waals surface area contributed by atoms with Crippen LogP contribution in [-0.2, 0) is 54.3 Å². The Bertz CT molecular complexity index is 4070. The van der Waals surface area contributed by atoms with Crippen LogP contribution in [0.3, 0.4) is 0 Å². The van der Waals surface area contributed by atoms with Crippen molar-refractivity contribution in [3.05, 3.63) is 118 Å². The van der Waals surface area contributed by atoms with E-state index in [1.54, 1.807) is 45.1 Å². The number of aromatic hydroxyl groups is 1. The van der Waals surface area contributed by atoms with Gasteiger partial charge in [0.15, 0.2) is 0 Å². The molecule has 4 heterocycles. The van der Waals surface area contributed by atoms with Crippen molar-refractivity contribution < 1.29 is 71.7 Å². The number of benzene rings is 4. The summed E-state index contributed by atoms with van der Waals surface area (Å²) >= 11 is 1.20. The van der Waals surface area contributed by atoms with Crippen LogP contribution >= 0.6 is 11.3 Å². The number of unbranched alkanes of at least 4 members (excludes halogenated alkanes) is 2. The van der Waals surface area contributed by atoms with Crippen LogP contribution in [0.5, 0.6) is 11.5 Å². The average molecular weight is 1400 g/mol. The van der Waals surface area contributed by atoms with Crippen LogP contribution in [-0.4, -0.2) is 157 Å². The number of hydrogen-bond donors (Lipinski definition) is 7. The van der Waals surface area contributed by atoms with Crippen LogP contribution in [0.25, 0.3) is 31.6 Å². The van der Waals surface area contributed by atoms with E-state index in [4.69, 9.17) is 29.7 Å². The fraction of sp³-hybridized carbons (Fsp3) is 0.473. The van der Waals surface area contributed by atoms with Gasteiger partial charge in [-0.05, 0) is 107 Å². The van der Waals surface area contributed by atoms with E-state index in [-0.39, 0.29) is 105 Å². The minimum atomic E-state index is -1.98. The number of ether oxygens (including phenoxy) is 4. The fourth-order valence-electron chi connectivity index (χ4n) is 12.4. The number of allylic oxidation sites excluding steroid dienone is 3. The monoisotopic (exact) mass is 1400 g/mol. The second kappa shape index (κ2) is 33.6. The van der Waals surface area contributed by atoms with E-state index in [9.17, 15) is 48.3 Å². The number of phenols is 1. The van der Waals surface area contributed by atoms with Crippen LogP contribution in [0.2, 0.25) is 0 Å². The van der Waals surface area contributed by atoms with Crippen LogP contribution < -0.4 is 47.4 Å². The first-order valence-corrected chi connectivity index (χ1v) is 34.8. The number of Topliss-reactive ketones (excluding diaryl/α,β-unsaturated/α-hetero) is 1. The molecule has 4 bridgehead atoms. The first-order valence-electron chi connectivity index (χ1n) is 34.0. The number of esters is 1. The lowest BCUT2D eigenvalue weighted by Crippen LogP contribution is -2.54. The Hall–Kier alpha value is -9.53. The van der Waals surface area contributed by atoms with Gasteiger partial charge in [-0.25, -0.2) is 9.78 Å². The SMILES string of the molecule is CO[C@H]1/C=C/O[C@@]2(C)Oc3c(C)c(O)c4c(=O)c(c5sc6cc(N(C)CC[N+](C)(C)Cc7ccc(NC(=O)[C@H](CCCNC(N)=O)NC(=O)[C@@H](NC(=O)CCCCCN8C(=O)C=CC8=O)C(C)C)cc7)ccc6nc-5c4c3C2=O)NC(=O)/C(C)=C\C=C\[C@H](C)CCC[C@@H](C)[C@H](OC(C)=O)C1. The van der Waals surface area contributed by atoms with Crippen molar-refractivity contribution in [3.63, 3.8) is 0 Å². The van der Waals surface area contributed by atoms with Crippen LogP contribution in [0.1, 0.15) is 134 Å². The number of methoxy groups -OCH3 is 1. The Balaban J connectivity index is 0.988. The van der Waals surface area contributed by atoms with Gasteiger partial charge in [-0.3, -0.25) is 48.1 Å². The molecule has 8 rings (SSSR count). The molecule has 0 saturated heterocycles. The number of quaternary nitrogens is 1. The third-order valence-electron chi connectivity index (χ3n) is 18.5. The number of aromatic nitrogens is 1. The zero-order chi connectivity index (χ0) is 72.9. The van der Waals surface area contributed by atoms with E-state index in [0.29, 0.717) is 77.7 Å². The summed E-state index contributed by atoms with van der Waals surface area (Å²) in [6.07, 6.45) is 14.6. The molecule has 7 atom stereocenters. The Morgan fingerprint density at radius 3 is 2.34 bits per heavy atom. The number of fused-ring (bicyclic) bond motifs is 2. The molecule has 1 aliphatic carbocycles. The van der Waals surface area contributed by atoms with Crippen LogP contribution in [0.15, 0.2) is 95.6 Å². The molecule has 536 valence electrons. The summed E-state index contributed by atoms with van der Waals surface area (Å²) in [6.45, 7) is 15.9. The molecule has 0 saturated carbocycles. The maximum atomic E-state index is 15.2. The van der Waals surface area contributed by atoms with Crippen molar-refractivity contribution in [1.29, 1.82) is 0 Å². The maximum Gasteiger partial charge on any atom is 0.312 e. The molecule has 25 nitrogen and oxygen atoms in total. The molecule has 3 aromatic rings. The Morgan fingerprint density at radius 2 is 1.66 bits per heavy atom. The highest BCUT2D eigenvalue weighted by atomic mass is 32.1.